The average Bonchev–Trinajstić information content (AvgIpc) is 2.96. The van der Waals surface area contributed by atoms with E-state index in [1.807, 2.05) is 25.3 Å². The zero-order valence-electron chi connectivity index (χ0n) is 12.5. The third kappa shape index (κ3) is 3.66. The van der Waals surface area contributed by atoms with Gasteiger partial charge in [0.1, 0.15) is 30.4 Å². The molecule has 118 valence electrons. The van der Waals surface area contributed by atoms with Crippen LogP contribution in [0.5, 0.6) is 5.75 Å². The van der Waals surface area contributed by atoms with Gasteiger partial charge in [0.05, 0.1) is 0 Å². The van der Waals surface area contributed by atoms with Gasteiger partial charge in [-0.3, -0.25) is 0 Å². The van der Waals surface area contributed by atoms with Crippen LogP contribution in [0.3, 0.4) is 0 Å². The van der Waals surface area contributed by atoms with E-state index in [1.165, 1.54) is 24.3 Å². The smallest absolute Gasteiger partial charge is 0.358 e. The first kappa shape index (κ1) is 15.0. The van der Waals surface area contributed by atoms with E-state index < -0.39 is 5.97 Å². The van der Waals surface area contributed by atoms with Crippen molar-refractivity contribution in [3.05, 3.63) is 65.9 Å². The molecule has 0 aliphatic carbocycles. The van der Waals surface area contributed by atoms with Gasteiger partial charge >= 0.3 is 5.97 Å². The molecule has 0 aliphatic rings. The van der Waals surface area contributed by atoms with E-state index in [2.05, 4.69) is 4.98 Å². The third-order valence-electron chi connectivity index (χ3n) is 3.22. The summed E-state index contributed by atoms with van der Waals surface area (Å²) in [5, 5.41) is 0. The summed E-state index contributed by atoms with van der Waals surface area (Å²) in [7, 11) is 0. The van der Waals surface area contributed by atoms with E-state index in [0.717, 1.165) is 5.56 Å². The molecular formula is C17H15FN2O3. The SMILES string of the molecule is Cc1ccn2cc(C(=O)OCCOc3ccc(F)cc3)nc2c1. The molecule has 0 bridgehead atoms. The molecule has 0 aliphatic heterocycles. The number of carbonyl (C=O) groups is 1. The second-order valence-electron chi connectivity index (χ2n) is 5.03. The maximum atomic E-state index is 12.7. The standard InChI is InChI=1S/C17H15FN2O3/c1-12-6-7-20-11-15(19-16(20)10-12)17(21)23-9-8-22-14-4-2-13(18)3-5-14/h2-7,10-11H,8-9H2,1H3. The van der Waals surface area contributed by atoms with Crippen molar-refractivity contribution in [1.29, 1.82) is 0 Å². The van der Waals surface area contributed by atoms with Crippen molar-refractivity contribution in [2.75, 3.05) is 13.2 Å². The largest absolute Gasteiger partial charge is 0.490 e. The number of aryl methyl sites for hydroxylation is 1. The number of ether oxygens (including phenoxy) is 2. The molecule has 1 aromatic carbocycles. The zero-order valence-corrected chi connectivity index (χ0v) is 12.5. The van der Waals surface area contributed by atoms with Gasteiger partial charge in [0, 0.05) is 12.4 Å². The van der Waals surface area contributed by atoms with E-state index >= 15 is 0 Å². The Balaban J connectivity index is 1.53. The summed E-state index contributed by atoms with van der Waals surface area (Å²) in [5.41, 5.74) is 2.01. The second kappa shape index (κ2) is 6.48. The lowest BCUT2D eigenvalue weighted by Gasteiger charge is -2.06. The number of benzene rings is 1. The summed E-state index contributed by atoms with van der Waals surface area (Å²) >= 11 is 0. The number of nitrogens with zero attached hydrogens (tertiary/aromatic N) is 2. The number of hydrogen-bond acceptors (Lipinski definition) is 4. The predicted molar refractivity (Wildman–Crippen MR) is 82.1 cm³/mol. The number of aromatic nitrogens is 2. The van der Waals surface area contributed by atoms with Crippen molar-refractivity contribution < 1.29 is 18.7 Å². The molecule has 2 heterocycles. The van der Waals surface area contributed by atoms with Gasteiger partial charge in [0.15, 0.2) is 5.69 Å². The van der Waals surface area contributed by atoms with Crippen LogP contribution < -0.4 is 4.74 Å². The van der Waals surface area contributed by atoms with Gasteiger partial charge in [0.25, 0.3) is 0 Å². The summed E-state index contributed by atoms with van der Waals surface area (Å²) in [6.45, 7) is 2.23. The second-order valence-corrected chi connectivity index (χ2v) is 5.03. The Morgan fingerprint density at radius 2 is 2.00 bits per heavy atom. The molecular weight excluding hydrogens is 299 g/mol. The van der Waals surface area contributed by atoms with Crippen molar-refractivity contribution in [3.63, 3.8) is 0 Å². The van der Waals surface area contributed by atoms with E-state index in [-0.39, 0.29) is 24.7 Å². The topological polar surface area (TPSA) is 52.8 Å². The molecule has 0 spiro atoms. The summed E-state index contributed by atoms with van der Waals surface area (Å²) in [6.07, 6.45) is 3.46. The Kier molecular flexibility index (Phi) is 4.23. The molecule has 2 aromatic heterocycles. The number of imidazole rings is 1. The van der Waals surface area contributed by atoms with E-state index in [4.69, 9.17) is 9.47 Å². The highest BCUT2D eigenvalue weighted by atomic mass is 19.1. The Morgan fingerprint density at radius 1 is 1.22 bits per heavy atom. The van der Waals surface area contributed by atoms with Crippen LogP contribution in [0.15, 0.2) is 48.8 Å². The van der Waals surface area contributed by atoms with Crippen LogP contribution in [0.1, 0.15) is 16.1 Å². The summed E-state index contributed by atoms with van der Waals surface area (Å²) in [6, 6.07) is 9.46. The molecule has 0 unspecified atom stereocenters. The number of pyridine rings is 1. The van der Waals surface area contributed by atoms with Crippen LogP contribution in [-0.2, 0) is 4.74 Å². The van der Waals surface area contributed by atoms with Crippen LogP contribution >= 0.6 is 0 Å². The predicted octanol–water partition coefficient (Wildman–Crippen LogP) is 3.02. The van der Waals surface area contributed by atoms with Gasteiger partial charge in [-0.15, -0.1) is 0 Å². The van der Waals surface area contributed by atoms with Crippen LogP contribution in [0.25, 0.3) is 5.65 Å². The van der Waals surface area contributed by atoms with Crippen LogP contribution in [0.2, 0.25) is 0 Å². The molecule has 3 rings (SSSR count). The Labute approximate surface area is 132 Å². The van der Waals surface area contributed by atoms with Crippen LogP contribution in [-0.4, -0.2) is 28.6 Å². The van der Waals surface area contributed by atoms with Crippen molar-refractivity contribution in [1.82, 2.24) is 9.38 Å². The number of rotatable bonds is 5. The molecule has 0 atom stereocenters. The Morgan fingerprint density at radius 3 is 2.78 bits per heavy atom. The lowest BCUT2D eigenvalue weighted by Crippen LogP contribution is -2.12. The van der Waals surface area contributed by atoms with E-state index in [1.54, 1.807) is 10.6 Å². The lowest BCUT2D eigenvalue weighted by atomic mass is 10.3. The van der Waals surface area contributed by atoms with Gasteiger partial charge in [-0.05, 0) is 48.9 Å². The average molecular weight is 314 g/mol. The van der Waals surface area contributed by atoms with Crippen LogP contribution in [0.4, 0.5) is 4.39 Å². The highest BCUT2D eigenvalue weighted by Crippen LogP contribution is 2.11. The maximum absolute atomic E-state index is 12.7. The number of hydrogen-bond donors (Lipinski definition) is 0. The molecule has 0 saturated carbocycles. The number of fused-ring (bicyclic) bond motifs is 1. The van der Waals surface area contributed by atoms with Crippen molar-refractivity contribution >= 4 is 11.6 Å². The maximum Gasteiger partial charge on any atom is 0.358 e. The molecule has 0 amide bonds. The molecule has 23 heavy (non-hydrogen) atoms. The number of halogens is 1. The molecule has 6 heteroatoms. The first-order valence-corrected chi connectivity index (χ1v) is 7.13. The van der Waals surface area contributed by atoms with E-state index in [9.17, 15) is 9.18 Å². The lowest BCUT2D eigenvalue weighted by molar-refractivity contribution is 0.0444. The highest BCUT2D eigenvalue weighted by Gasteiger charge is 2.12. The summed E-state index contributed by atoms with van der Waals surface area (Å²) < 4.78 is 25.0. The quantitative estimate of drug-likeness (QED) is 0.536. The molecule has 0 fully saturated rings. The monoisotopic (exact) mass is 314 g/mol. The minimum absolute atomic E-state index is 0.0864. The third-order valence-corrected chi connectivity index (χ3v) is 3.22. The van der Waals surface area contributed by atoms with Gasteiger partial charge in [-0.1, -0.05) is 0 Å². The molecule has 0 radical (unpaired) electrons. The fourth-order valence-corrected chi connectivity index (χ4v) is 2.08. The van der Waals surface area contributed by atoms with Gasteiger partial charge in [-0.2, -0.15) is 0 Å². The number of carbonyl (C=O) groups excluding carboxylic acids is 1. The van der Waals surface area contributed by atoms with Gasteiger partial charge in [0.2, 0.25) is 0 Å². The minimum atomic E-state index is -0.506. The first-order valence-electron chi connectivity index (χ1n) is 7.13. The van der Waals surface area contributed by atoms with E-state index in [0.29, 0.717) is 11.4 Å². The minimum Gasteiger partial charge on any atom is -0.490 e. The zero-order chi connectivity index (χ0) is 16.2. The Hall–Kier alpha value is -2.89. The molecule has 5 nitrogen and oxygen atoms in total. The summed E-state index contributed by atoms with van der Waals surface area (Å²) in [4.78, 5) is 16.2. The number of esters is 1. The fourth-order valence-electron chi connectivity index (χ4n) is 2.08. The van der Waals surface area contributed by atoms with Crippen molar-refractivity contribution in [3.8, 4) is 5.75 Å². The highest BCUT2D eigenvalue weighted by molar-refractivity contribution is 5.88. The van der Waals surface area contributed by atoms with Crippen molar-refractivity contribution in [2.24, 2.45) is 0 Å². The normalized spacial score (nSPS) is 10.7. The van der Waals surface area contributed by atoms with Gasteiger partial charge in [-0.25, -0.2) is 14.2 Å². The summed E-state index contributed by atoms with van der Waals surface area (Å²) in [5.74, 6) is -0.314. The molecule has 0 saturated heterocycles. The molecule has 0 N–H and O–H groups in total. The van der Waals surface area contributed by atoms with Crippen LogP contribution in [0, 0.1) is 12.7 Å². The Bertz CT molecular complexity index is 827. The van der Waals surface area contributed by atoms with Crippen molar-refractivity contribution in [2.45, 2.75) is 6.92 Å². The fraction of sp³-hybridized carbons (Fsp3) is 0.176. The van der Waals surface area contributed by atoms with Gasteiger partial charge < -0.3 is 13.9 Å². The molecule has 3 aromatic rings. The first-order chi connectivity index (χ1) is 11.1.